The van der Waals surface area contributed by atoms with E-state index < -0.39 is 0 Å². The molecule has 2 aliphatic rings. The minimum Gasteiger partial charge on any atom is -0.392 e. The van der Waals surface area contributed by atoms with E-state index in [4.69, 9.17) is 4.74 Å². The Labute approximate surface area is 129 Å². The fraction of sp³-hybridized carbons (Fsp3) is 0.688. The molecule has 4 nitrogen and oxygen atoms in total. The summed E-state index contributed by atoms with van der Waals surface area (Å²) in [5.41, 5.74) is 1.07. The van der Waals surface area contributed by atoms with Crippen molar-refractivity contribution < 1.29 is 14.6 Å². The average Bonchev–Trinajstić information content (AvgIpc) is 2.83. The Bertz CT molecular complexity index is 526. The number of methoxy groups -OCH3 is 1. The molecule has 2 atom stereocenters. The van der Waals surface area contributed by atoms with Crippen molar-refractivity contribution in [1.82, 2.24) is 4.90 Å². The summed E-state index contributed by atoms with van der Waals surface area (Å²) < 4.78 is 5.49. The molecule has 3 rings (SSSR count). The van der Waals surface area contributed by atoms with E-state index in [1.807, 2.05) is 17.9 Å². The molecule has 0 radical (unpaired) electrons. The molecule has 21 heavy (non-hydrogen) atoms. The molecule has 0 aromatic carbocycles. The minimum absolute atomic E-state index is 0.118. The molecule has 1 amide bonds. The highest BCUT2D eigenvalue weighted by Crippen LogP contribution is 2.50. The largest absolute Gasteiger partial charge is 0.392 e. The van der Waals surface area contributed by atoms with Gasteiger partial charge in [-0.2, -0.15) is 0 Å². The Morgan fingerprint density at radius 3 is 2.57 bits per heavy atom. The van der Waals surface area contributed by atoms with Crippen LogP contribution in [0.3, 0.4) is 0 Å². The van der Waals surface area contributed by atoms with Gasteiger partial charge in [0.1, 0.15) is 0 Å². The number of piperidine rings is 1. The first kappa shape index (κ1) is 15.0. The lowest BCUT2D eigenvalue weighted by atomic mass is 9.58. The first-order valence-corrected chi connectivity index (χ1v) is 8.37. The van der Waals surface area contributed by atoms with Crippen LogP contribution in [0, 0.1) is 19.3 Å². The van der Waals surface area contributed by atoms with Crippen molar-refractivity contribution in [1.29, 1.82) is 0 Å². The number of amides is 1. The highest BCUT2D eigenvalue weighted by atomic mass is 32.1. The maximum atomic E-state index is 12.6. The van der Waals surface area contributed by atoms with Gasteiger partial charge < -0.3 is 14.7 Å². The van der Waals surface area contributed by atoms with Crippen LogP contribution in [0.4, 0.5) is 0 Å². The van der Waals surface area contributed by atoms with E-state index in [-0.39, 0.29) is 23.5 Å². The molecule has 1 saturated carbocycles. The van der Waals surface area contributed by atoms with E-state index in [9.17, 15) is 9.90 Å². The minimum atomic E-state index is -0.272. The third-order valence-corrected chi connectivity index (χ3v) is 6.53. The van der Waals surface area contributed by atoms with Gasteiger partial charge in [-0.1, -0.05) is 0 Å². The average molecular weight is 309 g/mol. The smallest absolute Gasteiger partial charge is 0.263 e. The molecule has 1 saturated heterocycles. The first-order chi connectivity index (χ1) is 9.98. The van der Waals surface area contributed by atoms with Crippen molar-refractivity contribution >= 4 is 17.2 Å². The van der Waals surface area contributed by atoms with Gasteiger partial charge in [0, 0.05) is 36.9 Å². The molecule has 2 heterocycles. The van der Waals surface area contributed by atoms with Gasteiger partial charge in [0.05, 0.1) is 17.1 Å². The van der Waals surface area contributed by atoms with Crippen LogP contribution >= 0.6 is 11.3 Å². The third-order valence-electron chi connectivity index (χ3n) is 5.39. The molecule has 5 heteroatoms. The predicted octanol–water partition coefficient (Wildman–Crippen LogP) is 2.37. The summed E-state index contributed by atoms with van der Waals surface area (Å²) in [7, 11) is 1.72. The highest BCUT2D eigenvalue weighted by Gasteiger charge is 2.56. The number of aryl methyl sites for hydroxylation is 2. The fourth-order valence-corrected chi connectivity index (χ4v) is 4.67. The Hall–Kier alpha value is -0.910. The van der Waals surface area contributed by atoms with Crippen LogP contribution in [0.15, 0.2) is 6.07 Å². The number of thiophene rings is 1. The quantitative estimate of drug-likeness (QED) is 0.912. The van der Waals surface area contributed by atoms with E-state index in [1.54, 1.807) is 18.4 Å². The number of carbonyl (C=O) groups excluding carboxylic acids is 1. The molecule has 0 bridgehead atoms. The molecule has 116 valence electrons. The molecule has 1 aliphatic heterocycles. The zero-order chi connectivity index (χ0) is 15.2. The van der Waals surface area contributed by atoms with Crippen molar-refractivity contribution in [2.75, 3.05) is 20.2 Å². The lowest BCUT2D eigenvalue weighted by Gasteiger charge is -2.56. The standard InChI is InChI=1S/C16H23NO3S/c1-10-8-12(21-11(10)2)15(19)17-6-4-16(5-7-17)13(18)9-14(16)20-3/h8,13-14,18H,4-7,9H2,1-3H3/t13-,14+/m1/s1. The predicted molar refractivity (Wildman–Crippen MR) is 82.8 cm³/mol. The molecule has 1 aliphatic carbocycles. The molecule has 1 spiro atoms. The van der Waals surface area contributed by atoms with Crippen LogP contribution in [0.25, 0.3) is 0 Å². The summed E-state index contributed by atoms with van der Waals surface area (Å²) in [5, 5.41) is 10.1. The van der Waals surface area contributed by atoms with E-state index in [1.165, 1.54) is 10.4 Å². The van der Waals surface area contributed by atoms with Crippen molar-refractivity contribution in [2.24, 2.45) is 5.41 Å². The number of carbonyl (C=O) groups is 1. The topological polar surface area (TPSA) is 49.8 Å². The Kier molecular flexibility index (Phi) is 3.84. The third kappa shape index (κ3) is 2.31. The summed E-state index contributed by atoms with van der Waals surface area (Å²) in [5.74, 6) is 0.133. The van der Waals surface area contributed by atoms with Gasteiger partial charge in [0.15, 0.2) is 0 Å². The zero-order valence-electron chi connectivity index (χ0n) is 12.9. The second kappa shape index (κ2) is 5.38. The van der Waals surface area contributed by atoms with Gasteiger partial charge in [-0.15, -0.1) is 11.3 Å². The van der Waals surface area contributed by atoms with Crippen LogP contribution in [-0.2, 0) is 4.74 Å². The maximum absolute atomic E-state index is 12.6. The molecule has 0 unspecified atom stereocenters. The van der Waals surface area contributed by atoms with Gasteiger partial charge in [0.2, 0.25) is 0 Å². The summed E-state index contributed by atoms with van der Waals surface area (Å²) in [6.07, 6.45) is 2.28. The van der Waals surface area contributed by atoms with Gasteiger partial charge in [0.25, 0.3) is 5.91 Å². The lowest BCUT2D eigenvalue weighted by molar-refractivity contribution is -0.199. The number of hydrogen-bond acceptors (Lipinski definition) is 4. The van der Waals surface area contributed by atoms with Gasteiger partial charge in [-0.3, -0.25) is 4.79 Å². The first-order valence-electron chi connectivity index (χ1n) is 7.55. The Morgan fingerprint density at radius 2 is 2.10 bits per heavy atom. The molecule has 1 N–H and O–H groups in total. The van der Waals surface area contributed by atoms with Gasteiger partial charge >= 0.3 is 0 Å². The number of nitrogens with zero attached hydrogens (tertiary/aromatic N) is 1. The van der Waals surface area contributed by atoms with Crippen LogP contribution in [-0.4, -0.2) is 48.3 Å². The normalized spacial score (nSPS) is 27.7. The summed E-state index contributed by atoms with van der Waals surface area (Å²) in [4.78, 5) is 16.5. The SMILES string of the molecule is CO[C@H]1C[C@@H](O)C12CCN(C(=O)c1cc(C)c(C)s1)CC2. The molecule has 2 fully saturated rings. The van der Waals surface area contributed by atoms with E-state index in [0.29, 0.717) is 13.1 Å². The second-order valence-electron chi connectivity index (χ2n) is 6.35. The van der Waals surface area contributed by atoms with Crippen molar-refractivity contribution in [3.05, 3.63) is 21.4 Å². The summed E-state index contributed by atoms with van der Waals surface area (Å²) in [6, 6.07) is 1.99. The lowest BCUT2D eigenvalue weighted by Crippen LogP contribution is -2.62. The molecular formula is C16H23NO3S. The van der Waals surface area contributed by atoms with Crippen LogP contribution in [0.1, 0.15) is 39.4 Å². The van der Waals surface area contributed by atoms with Crippen molar-refractivity contribution in [3.63, 3.8) is 0 Å². The number of aliphatic hydroxyl groups excluding tert-OH is 1. The number of hydrogen-bond donors (Lipinski definition) is 1. The number of likely N-dealkylation sites (tertiary alicyclic amines) is 1. The summed E-state index contributed by atoms with van der Waals surface area (Å²) >= 11 is 1.58. The van der Waals surface area contributed by atoms with E-state index in [0.717, 1.165) is 24.1 Å². The number of rotatable bonds is 2. The van der Waals surface area contributed by atoms with Gasteiger partial charge in [-0.05, 0) is 38.3 Å². The number of aliphatic hydroxyl groups is 1. The van der Waals surface area contributed by atoms with E-state index >= 15 is 0 Å². The molecular weight excluding hydrogens is 286 g/mol. The highest BCUT2D eigenvalue weighted by molar-refractivity contribution is 7.14. The Morgan fingerprint density at radius 1 is 1.43 bits per heavy atom. The van der Waals surface area contributed by atoms with Crippen LogP contribution < -0.4 is 0 Å². The fourth-order valence-electron chi connectivity index (χ4n) is 3.67. The number of ether oxygens (including phenoxy) is 1. The van der Waals surface area contributed by atoms with Crippen LogP contribution in [0.5, 0.6) is 0 Å². The monoisotopic (exact) mass is 309 g/mol. The maximum Gasteiger partial charge on any atom is 0.263 e. The van der Waals surface area contributed by atoms with Crippen LogP contribution in [0.2, 0.25) is 0 Å². The van der Waals surface area contributed by atoms with Gasteiger partial charge in [-0.25, -0.2) is 0 Å². The van der Waals surface area contributed by atoms with Crippen molar-refractivity contribution in [2.45, 2.75) is 45.3 Å². The van der Waals surface area contributed by atoms with E-state index in [2.05, 4.69) is 6.92 Å². The second-order valence-corrected chi connectivity index (χ2v) is 7.61. The van der Waals surface area contributed by atoms with Crippen molar-refractivity contribution in [3.8, 4) is 0 Å². The zero-order valence-corrected chi connectivity index (χ0v) is 13.7. The molecule has 1 aromatic heterocycles. The molecule has 1 aromatic rings. The Balaban J connectivity index is 1.67. The summed E-state index contributed by atoms with van der Waals surface area (Å²) in [6.45, 7) is 5.52.